The van der Waals surface area contributed by atoms with Crippen molar-refractivity contribution in [2.75, 3.05) is 0 Å². The summed E-state index contributed by atoms with van der Waals surface area (Å²) in [4.78, 5) is 15.2. The van der Waals surface area contributed by atoms with E-state index >= 15 is 0 Å². The van der Waals surface area contributed by atoms with E-state index in [4.69, 9.17) is 15.0 Å². The summed E-state index contributed by atoms with van der Waals surface area (Å²) in [5.74, 6) is 1.94. The largest absolute Gasteiger partial charge is 0.208 e. The van der Waals surface area contributed by atoms with Gasteiger partial charge in [0.15, 0.2) is 17.5 Å². The standard InChI is InChI=1S/C47H31N3/c1-3-13-32(14-4-1)37-27-28-42(44(31-37)39-26-25-33-15-7-8-19-36(33)29-39)38-21-11-22-40(30-38)46-48-45(35-17-5-2-6-18-35)49-47(50-46)43-24-12-20-34-16-9-10-23-41(34)43/h1-31H. The molecule has 0 aliphatic heterocycles. The molecule has 234 valence electrons. The summed E-state index contributed by atoms with van der Waals surface area (Å²) in [5, 5.41) is 4.70. The van der Waals surface area contributed by atoms with E-state index in [-0.39, 0.29) is 0 Å². The Morgan fingerprint density at radius 1 is 0.240 bits per heavy atom. The van der Waals surface area contributed by atoms with Crippen molar-refractivity contribution in [2.24, 2.45) is 0 Å². The predicted octanol–water partition coefficient (Wildman–Crippen LogP) is 12.2. The van der Waals surface area contributed by atoms with E-state index in [9.17, 15) is 0 Å². The maximum Gasteiger partial charge on any atom is 0.164 e. The minimum atomic E-state index is 0.636. The monoisotopic (exact) mass is 637 g/mol. The van der Waals surface area contributed by atoms with Crippen molar-refractivity contribution < 1.29 is 0 Å². The topological polar surface area (TPSA) is 38.7 Å². The number of aromatic nitrogens is 3. The average Bonchev–Trinajstić information content (AvgIpc) is 3.21. The fourth-order valence-electron chi connectivity index (χ4n) is 6.79. The zero-order valence-electron chi connectivity index (χ0n) is 27.2. The predicted molar refractivity (Wildman–Crippen MR) is 207 cm³/mol. The average molecular weight is 638 g/mol. The lowest BCUT2D eigenvalue weighted by atomic mass is 9.89. The van der Waals surface area contributed by atoms with Crippen LogP contribution in [0.1, 0.15) is 0 Å². The summed E-state index contributed by atoms with van der Waals surface area (Å²) < 4.78 is 0. The fraction of sp³-hybridized carbons (Fsp3) is 0. The lowest BCUT2D eigenvalue weighted by molar-refractivity contribution is 1.08. The zero-order chi connectivity index (χ0) is 33.3. The molecule has 3 nitrogen and oxygen atoms in total. The minimum absolute atomic E-state index is 0.636. The summed E-state index contributed by atoms with van der Waals surface area (Å²) in [6.07, 6.45) is 0. The van der Waals surface area contributed by atoms with Gasteiger partial charge >= 0.3 is 0 Å². The van der Waals surface area contributed by atoms with Gasteiger partial charge in [0.1, 0.15) is 0 Å². The fourth-order valence-corrected chi connectivity index (χ4v) is 6.79. The third kappa shape index (κ3) is 5.61. The van der Waals surface area contributed by atoms with Crippen LogP contribution < -0.4 is 0 Å². The van der Waals surface area contributed by atoms with Crippen LogP contribution in [0, 0.1) is 0 Å². The van der Waals surface area contributed by atoms with E-state index in [1.807, 2.05) is 30.3 Å². The van der Waals surface area contributed by atoms with Crippen LogP contribution in [0.2, 0.25) is 0 Å². The summed E-state index contributed by atoms with van der Waals surface area (Å²) in [5.41, 5.74) is 9.82. The van der Waals surface area contributed by atoms with Crippen molar-refractivity contribution in [1.29, 1.82) is 0 Å². The maximum atomic E-state index is 5.13. The third-order valence-electron chi connectivity index (χ3n) is 9.32. The molecule has 0 radical (unpaired) electrons. The molecular formula is C47H31N3. The molecule has 3 heteroatoms. The van der Waals surface area contributed by atoms with Gasteiger partial charge in [-0.2, -0.15) is 0 Å². The van der Waals surface area contributed by atoms with Gasteiger partial charge in [-0.05, 0) is 73.1 Å². The lowest BCUT2D eigenvalue weighted by Crippen LogP contribution is -2.00. The van der Waals surface area contributed by atoms with Crippen LogP contribution in [0.25, 0.3) is 89.1 Å². The summed E-state index contributed by atoms with van der Waals surface area (Å²) >= 11 is 0. The molecule has 0 aliphatic carbocycles. The van der Waals surface area contributed by atoms with Crippen LogP contribution in [-0.2, 0) is 0 Å². The molecule has 0 fully saturated rings. The van der Waals surface area contributed by atoms with Gasteiger partial charge < -0.3 is 0 Å². The Bertz CT molecular complexity index is 2640. The molecule has 0 spiro atoms. The van der Waals surface area contributed by atoms with Crippen molar-refractivity contribution >= 4 is 21.5 Å². The van der Waals surface area contributed by atoms with Crippen LogP contribution in [0.5, 0.6) is 0 Å². The van der Waals surface area contributed by atoms with Gasteiger partial charge in [0, 0.05) is 16.7 Å². The Morgan fingerprint density at radius 3 is 1.62 bits per heavy atom. The molecule has 0 aliphatic rings. The van der Waals surface area contributed by atoms with Gasteiger partial charge in [0.05, 0.1) is 0 Å². The van der Waals surface area contributed by atoms with Crippen LogP contribution in [0.3, 0.4) is 0 Å². The van der Waals surface area contributed by atoms with Crippen LogP contribution in [-0.4, -0.2) is 15.0 Å². The minimum Gasteiger partial charge on any atom is -0.208 e. The van der Waals surface area contributed by atoms with Crippen molar-refractivity contribution in [3.63, 3.8) is 0 Å². The molecule has 8 aromatic carbocycles. The summed E-state index contributed by atoms with van der Waals surface area (Å²) in [6.45, 7) is 0. The van der Waals surface area contributed by atoms with Crippen molar-refractivity contribution in [1.82, 2.24) is 15.0 Å². The summed E-state index contributed by atoms with van der Waals surface area (Å²) in [6, 6.07) is 66.0. The molecule has 9 rings (SSSR count). The molecule has 0 atom stereocenters. The van der Waals surface area contributed by atoms with Crippen molar-refractivity contribution in [3.05, 3.63) is 188 Å². The SMILES string of the molecule is c1ccc(-c2ccc(-c3cccc(-c4nc(-c5ccccc5)nc(-c5cccc6ccccc56)n4)c3)c(-c3ccc4ccccc4c3)c2)cc1. The number of hydrogen-bond donors (Lipinski definition) is 0. The summed E-state index contributed by atoms with van der Waals surface area (Å²) in [7, 11) is 0. The van der Waals surface area contributed by atoms with Gasteiger partial charge in [-0.1, -0.05) is 170 Å². The highest BCUT2D eigenvalue weighted by molar-refractivity contribution is 5.96. The van der Waals surface area contributed by atoms with Crippen LogP contribution in [0.4, 0.5) is 0 Å². The van der Waals surface area contributed by atoms with Crippen LogP contribution >= 0.6 is 0 Å². The molecule has 1 aromatic heterocycles. The van der Waals surface area contributed by atoms with E-state index in [0.717, 1.165) is 38.6 Å². The zero-order valence-corrected chi connectivity index (χ0v) is 27.2. The Morgan fingerprint density at radius 2 is 0.800 bits per heavy atom. The second-order valence-corrected chi connectivity index (χ2v) is 12.5. The number of fused-ring (bicyclic) bond motifs is 2. The van der Waals surface area contributed by atoms with E-state index in [0.29, 0.717) is 17.5 Å². The van der Waals surface area contributed by atoms with Gasteiger partial charge in [-0.25, -0.2) is 15.0 Å². The van der Waals surface area contributed by atoms with Gasteiger partial charge in [0.25, 0.3) is 0 Å². The van der Waals surface area contributed by atoms with Crippen molar-refractivity contribution in [3.8, 4) is 67.5 Å². The van der Waals surface area contributed by atoms with E-state index in [1.54, 1.807) is 0 Å². The van der Waals surface area contributed by atoms with Crippen LogP contribution in [0.15, 0.2) is 188 Å². The molecule has 0 amide bonds. The molecule has 9 aromatic rings. The molecule has 0 unspecified atom stereocenters. The lowest BCUT2D eigenvalue weighted by Gasteiger charge is -2.15. The highest BCUT2D eigenvalue weighted by Gasteiger charge is 2.16. The number of rotatable bonds is 6. The second-order valence-electron chi connectivity index (χ2n) is 12.5. The number of benzene rings is 8. The first-order valence-corrected chi connectivity index (χ1v) is 16.9. The first-order valence-electron chi connectivity index (χ1n) is 16.9. The molecular weight excluding hydrogens is 607 g/mol. The highest BCUT2D eigenvalue weighted by Crippen LogP contribution is 2.38. The second kappa shape index (κ2) is 12.7. The normalized spacial score (nSPS) is 11.2. The first kappa shape index (κ1) is 29.4. The number of hydrogen-bond acceptors (Lipinski definition) is 3. The molecule has 0 bridgehead atoms. The van der Waals surface area contributed by atoms with E-state index < -0.39 is 0 Å². The van der Waals surface area contributed by atoms with E-state index in [1.165, 1.54) is 33.0 Å². The third-order valence-corrected chi connectivity index (χ3v) is 9.32. The highest BCUT2D eigenvalue weighted by atomic mass is 15.0. The first-order chi connectivity index (χ1) is 24.8. The Balaban J connectivity index is 1.22. The van der Waals surface area contributed by atoms with Gasteiger partial charge in [-0.3, -0.25) is 0 Å². The van der Waals surface area contributed by atoms with Gasteiger partial charge in [0.2, 0.25) is 0 Å². The van der Waals surface area contributed by atoms with Gasteiger partial charge in [-0.15, -0.1) is 0 Å². The Hall–Kier alpha value is -6.71. The Kier molecular flexibility index (Phi) is 7.49. The van der Waals surface area contributed by atoms with E-state index in [2.05, 4.69) is 158 Å². The maximum absolute atomic E-state index is 5.13. The molecule has 50 heavy (non-hydrogen) atoms. The molecule has 0 saturated heterocycles. The molecule has 0 saturated carbocycles. The molecule has 0 N–H and O–H groups in total. The van der Waals surface area contributed by atoms with Crippen molar-refractivity contribution in [2.45, 2.75) is 0 Å². The molecule has 1 heterocycles. The quantitative estimate of drug-likeness (QED) is 0.182. The smallest absolute Gasteiger partial charge is 0.164 e. The Labute approximate surface area is 291 Å². The number of nitrogens with zero attached hydrogens (tertiary/aromatic N) is 3.